The molecule has 0 saturated heterocycles. The van der Waals surface area contributed by atoms with Gasteiger partial charge in [0.15, 0.2) is 0 Å². The summed E-state index contributed by atoms with van der Waals surface area (Å²) in [4.78, 5) is 16.5. The summed E-state index contributed by atoms with van der Waals surface area (Å²) in [6.07, 6.45) is 2.05. The average Bonchev–Trinajstić information content (AvgIpc) is 3.35. The Morgan fingerprint density at radius 3 is 2.19 bits per heavy atom. The van der Waals surface area contributed by atoms with E-state index in [1.807, 2.05) is 59.7 Å². The van der Waals surface area contributed by atoms with Crippen LogP contribution in [0.15, 0.2) is 77.7 Å². The SMILES string of the molecule is CSc1ccc(C2c3c(-c4ccc(Cl)cc4)n[nH]c3C(=O)N2Cc2ccc(Cl)cc2)cc1. The Labute approximate surface area is 200 Å². The summed E-state index contributed by atoms with van der Waals surface area (Å²) < 4.78 is 0. The van der Waals surface area contributed by atoms with Crippen LogP contribution in [0.25, 0.3) is 11.3 Å². The molecule has 3 aromatic carbocycles. The molecule has 1 N–H and O–H groups in total. The summed E-state index contributed by atoms with van der Waals surface area (Å²) in [6.45, 7) is 0.466. The van der Waals surface area contributed by atoms with Crippen LogP contribution in [-0.2, 0) is 6.54 Å². The predicted molar refractivity (Wildman–Crippen MR) is 130 cm³/mol. The van der Waals surface area contributed by atoms with Crippen molar-refractivity contribution in [1.29, 1.82) is 0 Å². The van der Waals surface area contributed by atoms with Crippen molar-refractivity contribution < 1.29 is 4.79 Å². The fraction of sp³-hybridized carbons (Fsp3) is 0.120. The Hall–Kier alpha value is -2.73. The van der Waals surface area contributed by atoms with Gasteiger partial charge in [-0.15, -0.1) is 11.8 Å². The number of hydrogen-bond donors (Lipinski definition) is 1. The van der Waals surface area contributed by atoms with Gasteiger partial charge in [-0.3, -0.25) is 9.89 Å². The van der Waals surface area contributed by atoms with Crippen molar-refractivity contribution in [1.82, 2.24) is 15.1 Å². The summed E-state index contributed by atoms with van der Waals surface area (Å²) >= 11 is 13.8. The third kappa shape index (κ3) is 3.81. The molecule has 0 spiro atoms. The number of amides is 1. The van der Waals surface area contributed by atoms with Crippen LogP contribution in [0.3, 0.4) is 0 Å². The first-order valence-electron chi connectivity index (χ1n) is 10.1. The Morgan fingerprint density at radius 1 is 0.938 bits per heavy atom. The molecule has 0 aliphatic carbocycles. The molecule has 1 aliphatic rings. The molecule has 160 valence electrons. The van der Waals surface area contributed by atoms with Crippen LogP contribution in [-0.4, -0.2) is 27.3 Å². The van der Waals surface area contributed by atoms with E-state index in [4.69, 9.17) is 23.2 Å². The van der Waals surface area contributed by atoms with Gasteiger partial charge in [-0.2, -0.15) is 5.10 Å². The number of carbonyl (C=O) groups excluding carboxylic acids is 1. The van der Waals surface area contributed by atoms with E-state index < -0.39 is 0 Å². The van der Waals surface area contributed by atoms with E-state index >= 15 is 0 Å². The highest BCUT2D eigenvalue weighted by atomic mass is 35.5. The van der Waals surface area contributed by atoms with Gasteiger partial charge in [0.25, 0.3) is 5.91 Å². The highest BCUT2D eigenvalue weighted by molar-refractivity contribution is 7.98. The topological polar surface area (TPSA) is 49.0 Å². The minimum atomic E-state index is -0.256. The van der Waals surface area contributed by atoms with Gasteiger partial charge in [0.1, 0.15) is 5.69 Å². The van der Waals surface area contributed by atoms with Gasteiger partial charge >= 0.3 is 0 Å². The van der Waals surface area contributed by atoms with E-state index in [0.29, 0.717) is 22.3 Å². The van der Waals surface area contributed by atoms with Crippen LogP contribution in [0, 0.1) is 0 Å². The highest BCUT2D eigenvalue weighted by Gasteiger charge is 2.42. The van der Waals surface area contributed by atoms with E-state index in [0.717, 1.165) is 27.9 Å². The lowest BCUT2D eigenvalue weighted by atomic mass is 9.96. The zero-order chi connectivity index (χ0) is 22.2. The maximum absolute atomic E-state index is 13.5. The van der Waals surface area contributed by atoms with Crippen LogP contribution in [0.2, 0.25) is 10.0 Å². The lowest BCUT2D eigenvalue weighted by Gasteiger charge is -2.26. The molecular formula is C25H19Cl2N3OS. The van der Waals surface area contributed by atoms with E-state index in [-0.39, 0.29) is 11.9 Å². The van der Waals surface area contributed by atoms with Crippen LogP contribution < -0.4 is 0 Å². The first-order valence-corrected chi connectivity index (χ1v) is 12.1. The average molecular weight is 480 g/mol. The number of carbonyl (C=O) groups is 1. The molecule has 32 heavy (non-hydrogen) atoms. The number of rotatable bonds is 5. The van der Waals surface area contributed by atoms with Gasteiger partial charge in [0.05, 0.1) is 11.7 Å². The van der Waals surface area contributed by atoms with Crippen molar-refractivity contribution >= 4 is 40.9 Å². The molecule has 1 atom stereocenters. The number of fused-ring (bicyclic) bond motifs is 1. The quantitative estimate of drug-likeness (QED) is 0.318. The van der Waals surface area contributed by atoms with Gasteiger partial charge in [-0.25, -0.2) is 0 Å². The Bertz CT molecular complexity index is 1270. The van der Waals surface area contributed by atoms with Crippen LogP contribution in [0.5, 0.6) is 0 Å². The van der Waals surface area contributed by atoms with Crippen molar-refractivity contribution in [2.45, 2.75) is 17.5 Å². The van der Waals surface area contributed by atoms with Crippen LogP contribution in [0.4, 0.5) is 0 Å². The number of thioether (sulfide) groups is 1. The van der Waals surface area contributed by atoms with Crippen LogP contribution >= 0.6 is 35.0 Å². The number of nitrogens with one attached hydrogen (secondary N) is 1. The molecule has 4 nitrogen and oxygen atoms in total. The summed E-state index contributed by atoms with van der Waals surface area (Å²) in [6, 6.07) is 23.2. The molecule has 1 amide bonds. The molecule has 7 heteroatoms. The zero-order valence-electron chi connectivity index (χ0n) is 17.2. The van der Waals surface area contributed by atoms with Gasteiger partial charge < -0.3 is 4.90 Å². The minimum absolute atomic E-state index is 0.0680. The minimum Gasteiger partial charge on any atom is -0.322 e. The smallest absolute Gasteiger partial charge is 0.273 e. The monoisotopic (exact) mass is 479 g/mol. The molecule has 0 saturated carbocycles. The van der Waals surface area contributed by atoms with Crippen molar-refractivity contribution in [2.75, 3.05) is 6.26 Å². The van der Waals surface area contributed by atoms with Gasteiger partial charge in [0, 0.05) is 32.6 Å². The van der Waals surface area contributed by atoms with Gasteiger partial charge in [-0.1, -0.05) is 59.6 Å². The molecule has 4 aromatic rings. The summed E-state index contributed by atoms with van der Waals surface area (Å²) in [5.41, 5.74) is 5.16. The number of hydrogen-bond acceptors (Lipinski definition) is 3. The fourth-order valence-corrected chi connectivity index (χ4v) is 4.77. The number of aromatic nitrogens is 2. The second kappa shape index (κ2) is 8.66. The maximum Gasteiger partial charge on any atom is 0.273 e. The van der Waals surface area contributed by atoms with Crippen LogP contribution in [0.1, 0.15) is 33.2 Å². The molecule has 1 aromatic heterocycles. The first-order chi connectivity index (χ1) is 15.5. The van der Waals surface area contributed by atoms with E-state index in [1.165, 1.54) is 4.90 Å². The lowest BCUT2D eigenvalue weighted by molar-refractivity contribution is 0.0730. The van der Waals surface area contributed by atoms with E-state index in [2.05, 4.69) is 34.5 Å². The maximum atomic E-state index is 13.5. The molecule has 2 heterocycles. The largest absolute Gasteiger partial charge is 0.322 e. The van der Waals surface area contributed by atoms with Crippen molar-refractivity contribution in [3.63, 3.8) is 0 Å². The molecule has 0 fully saturated rings. The number of H-pyrrole nitrogens is 1. The number of nitrogens with zero attached hydrogens (tertiary/aromatic N) is 2. The normalized spacial score (nSPS) is 15.3. The number of halogens is 2. The first kappa shape index (κ1) is 21.1. The standard InChI is InChI=1S/C25H19Cl2N3OS/c1-32-20-12-6-17(7-13-20)24-21-22(16-4-10-19(27)11-5-16)28-29-23(21)25(31)30(24)14-15-2-8-18(26)9-3-15/h2-13,24H,14H2,1H3,(H,28,29). The molecular weight excluding hydrogens is 461 g/mol. The Kier molecular flexibility index (Phi) is 5.72. The Balaban J connectivity index is 1.62. The summed E-state index contributed by atoms with van der Waals surface area (Å²) in [7, 11) is 0. The van der Waals surface area contributed by atoms with Crippen molar-refractivity contribution in [3.05, 3.63) is 105 Å². The summed E-state index contributed by atoms with van der Waals surface area (Å²) in [5.74, 6) is -0.0680. The highest BCUT2D eigenvalue weighted by Crippen LogP contribution is 2.43. The fourth-order valence-electron chi connectivity index (χ4n) is 4.11. The zero-order valence-corrected chi connectivity index (χ0v) is 19.5. The van der Waals surface area contributed by atoms with Crippen molar-refractivity contribution in [3.8, 4) is 11.3 Å². The summed E-state index contributed by atoms with van der Waals surface area (Å²) in [5, 5.41) is 8.84. The van der Waals surface area contributed by atoms with Crippen molar-refractivity contribution in [2.24, 2.45) is 0 Å². The molecule has 0 bridgehead atoms. The molecule has 1 unspecified atom stereocenters. The third-order valence-electron chi connectivity index (χ3n) is 5.68. The third-order valence-corrected chi connectivity index (χ3v) is 6.93. The van der Waals surface area contributed by atoms with Gasteiger partial charge in [0.2, 0.25) is 0 Å². The molecule has 0 radical (unpaired) electrons. The molecule has 1 aliphatic heterocycles. The second-order valence-corrected chi connectivity index (χ2v) is 9.36. The lowest BCUT2D eigenvalue weighted by Crippen LogP contribution is -2.29. The van der Waals surface area contributed by atoms with E-state index in [1.54, 1.807) is 11.8 Å². The Morgan fingerprint density at radius 2 is 1.56 bits per heavy atom. The second-order valence-electron chi connectivity index (χ2n) is 7.60. The molecule has 5 rings (SSSR count). The predicted octanol–water partition coefficient (Wildman–Crippen LogP) is 6.85. The number of aromatic amines is 1. The van der Waals surface area contributed by atoms with E-state index in [9.17, 15) is 4.79 Å². The van der Waals surface area contributed by atoms with Gasteiger partial charge in [-0.05, 0) is 53.8 Å². The number of benzene rings is 3.